The number of benzene rings is 3. The van der Waals surface area contributed by atoms with Gasteiger partial charge in [-0.15, -0.1) is 0 Å². The summed E-state index contributed by atoms with van der Waals surface area (Å²) in [5.74, 6) is -0.373. The number of hydrogen-bond donors (Lipinski definition) is 3. The molecule has 3 aromatic carbocycles. The summed E-state index contributed by atoms with van der Waals surface area (Å²) in [6.45, 7) is 4.34. The van der Waals surface area contributed by atoms with Crippen molar-refractivity contribution in [2.45, 2.75) is 46.1 Å². The quantitative estimate of drug-likeness (QED) is 0.304. The molecule has 1 aliphatic rings. The highest BCUT2D eigenvalue weighted by Gasteiger charge is 2.19. The number of aryl methyl sites for hydroxylation is 2. The highest BCUT2D eigenvalue weighted by Crippen LogP contribution is 2.29. The molecule has 4 aromatic rings. The van der Waals surface area contributed by atoms with E-state index in [-0.39, 0.29) is 11.9 Å². The lowest BCUT2D eigenvalue weighted by atomic mass is 9.93. The van der Waals surface area contributed by atoms with Crippen LogP contribution in [0.4, 0.5) is 16.2 Å². The molecular weight excluding hydrogens is 492 g/mol. The molecule has 5 rings (SSSR count). The number of carbonyl (C=O) groups is 2. The standard InChI is InChI=1S/C29H30N8O2/c1-20-16-21(2)18-26(17-20)30-29(39)36(27-14-12-24(13-15-27)23-6-4-3-5-7-23)19-22-8-10-25(11-9-22)28(38)31-37-34-32-33-35-37/h6,8-18H,3-5,7,19H2,1-2H3,(H2,30,31,38,39)/p+1. The summed E-state index contributed by atoms with van der Waals surface area (Å²) in [6.07, 6.45) is 6.97. The second-order valence-electron chi connectivity index (χ2n) is 9.74. The Morgan fingerprint density at radius 2 is 1.72 bits per heavy atom. The highest BCUT2D eigenvalue weighted by molar-refractivity contribution is 6.02. The van der Waals surface area contributed by atoms with E-state index in [1.807, 2.05) is 50.2 Å². The number of aromatic nitrogens is 5. The van der Waals surface area contributed by atoms with E-state index in [2.05, 4.69) is 55.9 Å². The van der Waals surface area contributed by atoms with E-state index in [1.54, 1.807) is 17.0 Å². The van der Waals surface area contributed by atoms with E-state index in [0.717, 1.165) is 45.8 Å². The Hall–Kier alpha value is -4.86. The third-order valence-corrected chi connectivity index (χ3v) is 6.64. The summed E-state index contributed by atoms with van der Waals surface area (Å²) in [5.41, 5.74) is 10.1. The minimum Gasteiger partial charge on any atom is -0.308 e. The molecule has 0 aliphatic heterocycles. The number of hydrogen-bond acceptors (Lipinski definition) is 5. The van der Waals surface area contributed by atoms with E-state index in [9.17, 15) is 9.59 Å². The van der Waals surface area contributed by atoms with Crippen LogP contribution in [0.15, 0.2) is 72.8 Å². The number of urea groups is 1. The normalized spacial score (nSPS) is 12.9. The van der Waals surface area contributed by atoms with Crippen molar-refractivity contribution in [1.82, 2.24) is 20.9 Å². The number of aromatic amines is 1. The lowest BCUT2D eigenvalue weighted by Gasteiger charge is -2.24. The zero-order valence-corrected chi connectivity index (χ0v) is 22.0. The molecule has 0 spiro atoms. The van der Waals surface area contributed by atoms with Crippen LogP contribution in [0.25, 0.3) is 5.57 Å². The first-order chi connectivity index (χ1) is 18.9. The fraction of sp³-hybridized carbons (Fsp3) is 0.241. The van der Waals surface area contributed by atoms with E-state index < -0.39 is 0 Å². The third-order valence-electron chi connectivity index (χ3n) is 6.64. The molecular formula is C29H31N8O2+. The number of amides is 3. The van der Waals surface area contributed by atoms with Gasteiger partial charge < -0.3 is 5.32 Å². The molecule has 0 saturated carbocycles. The minimum absolute atomic E-state index is 0.235. The van der Waals surface area contributed by atoms with Crippen LogP contribution in [0.3, 0.4) is 0 Å². The SMILES string of the molecule is Cc1cc(C)cc(NC(=O)N(Cc2ccc(C(=O)N[n+]3nnn[nH]3)cc2)c2ccc(C3=CCCCC3)cc2)c1. The lowest BCUT2D eigenvalue weighted by molar-refractivity contribution is -0.759. The molecule has 10 nitrogen and oxygen atoms in total. The predicted octanol–water partition coefficient (Wildman–Crippen LogP) is 4.68. The number of H-pyrrole nitrogens is 1. The average molecular weight is 524 g/mol. The van der Waals surface area contributed by atoms with Crippen LogP contribution in [0.1, 0.15) is 58.3 Å². The van der Waals surface area contributed by atoms with Gasteiger partial charge in [-0.05, 0) is 109 Å². The van der Waals surface area contributed by atoms with Crippen LogP contribution in [0.2, 0.25) is 0 Å². The molecule has 0 atom stereocenters. The lowest BCUT2D eigenvalue weighted by Crippen LogP contribution is -2.52. The summed E-state index contributed by atoms with van der Waals surface area (Å²) in [7, 11) is 0. The molecule has 10 heteroatoms. The molecule has 0 unspecified atom stereocenters. The maximum Gasteiger partial charge on any atom is 0.326 e. The van der Waals surface area contributed by atoms with Crippen molar-refractivity contribution in [1.29, 1.82) is 0 Å². The van der Waals surface area contributed by atoms with Gasteiger partial charge in [0.25, 0.3) is 5.91 Å². The Bertz CT molecular complexity index is 1460. The number of nitrogens with zero attached hydrogens (tertiary/aromatic N) is 5. The van der Waals surface area contributed by atoms with Crippen molar-refractivity contribution in [3.8, 4) is 0 Å². The molecule has 0 fully saturated rings. The number of rotatable bonds is 7. The number of allylic oxidation sites excluding steroid dienone is 2. The first-order valence-corrected chi connectivity index (χ1v) is 13.0. The number of carbonyl (C=O) groups excluding carboxylic acids is 2. The Labute approximate surface area is 226 Å². The summed E-state index contributed by atoms with van der Waals surface area (Å²) in [4.78, 5) is 28.8. The second kappa shape index (κ2) is 11.7. The Morgan fingerprint density at radius 1 is 0.974 bits per heavy atom. The van der Waals surface area contributed by atoms with Gasteiger partial charge in [0, 0.05) is 21.8 Å². The highest BCUT2D eigenvalue weighted by atomic mass is 16.2. The van der Waals surface area contributed by atoms with Crippen molar-refractivity contribution >= 4 is 28.9 Å². The molecule has 0 bridgehead atoms. The second-order valence-corrected chi connectivity index (χ2v) is 9.74. The molecule has 0 saturated heterocycles. The first-order valence-electron chi connectivity index (χ1n) is 13.0. The molecule has 3 N–H and O–H groups in total. The van der Waals surface area contributed by atoms with Gasteiger partial charge in [0.05, 0.1) is 6.54 Å². The molecule has 198 valence electrons. The van der Waals surface area contributed by atoms with Gasteiger partial charge in [0.15, 0.2) is 5.21 Å². The Morgan fingerprint density at radius 3 is 2.36 bits per heavy atom. The topological polar surface area (TPSA) is 120 Å². The predicted molar refractivity (Wildman–Crippen MR) is 149 cm³/mol. The zero-order chi connectivity index (χ0) is 27.2. The van der Waals surface area contributed by atoms with Crippen LogP contribution in [-0.2, 0) is 6.54 Å². The van der Waals surface area contributed by atoms with Gasteiger partial charge in [-0.25, -0.2) is 4.79 Å². The van der Waals surface area contributed by atoms with E-state index in [0.29, 0.717) is 12.1 Å². The van der Waals surface area contributed by atoms with Gasteiger partial charge in [-0.2, -0.15) is 5.43 Å². The molecule has 1 aliphatic carbocycles. The van der Waals surface area contributed by atoms with Crippen molar-refractivity contribution in [3.05, 3.63) is 101 Å². The molecule has 1 aromatic heterocycles. The fourth-order valence-corrected chi connectivity index (χ4v) is 4.77. The van der Waals surface area contributed by atoms with Crippen LogP contribution < -0.4 is 20.5 Å². The summed E-state index contributed by atoms with van der Waals surface area (Å²) in [6, 6.07) is 21.0. The Kier molecular flexibility index (Phi) is 7.72. The van der Waals surface area contributed by atoms with Gasteiger partial charge >= 0.3 is 6.03 Å². The summed E-state index contributed by atoms with van der Waals surface area (Å²) < 4.78 is 0. The Balaban J connectivity index is 1.37. The first kappa shape index (κ1) is 25.8. The van der Waals surface area contributed by atoms with Gasteiger partial charge in [-0.3, -0.25) is 9.69 Å². The summed E-state index contributed by atoms with van der Waals surface area (Å²) in [5, 5.41) is 15.9. The third kappa shape index (κ3) is 6.53. The minimum atomic E-state index is -0.373. The van der Waals surface area contributed by atoms with Crippen molar-refractivity contribution in [2.24, 2.45) is 0 Å². The monoisotopic (exact) mass is 523 g/mol. The fourth-order valence-electron chi connectivity index (χ4n) is 4.77. The van der Waals surface area contributed by atoms with Crippen LogP contribution in [0.5, 0.6) is 0 Å². The van der Waals surface area contributed by atoms with Gasteiger partial charge in [0.2, 0.25) is 10.4 Å². The average Bonchev–Trinajstić information content (AvgIpc) is 3.45. The van der Waals surface area contributed by atoms with Gasteiger partial charge in [-0.1, -0.05) is 36.4 Å². The molecule has 39 heavy (non-hydrogen) atoms. The van der Waals surface area contributed by atoms with Crippen molar-refractivity contribution in [2.75, 3.05) is 15.6 Å². The van der Waals surface area contributed by atoms with Crippen LogP contribution >= 0.6 is 0 Å². The zero-order valence-electron chi connectivity index (χ0n) is 22.0. The number of nitrogens with one attached hydrogen (secondary N) is 3. The molecule has 0 radical (unpaired) electrons. The summed E-state index contributed by atoms with van der Waals surface area (Å²) >= 11 is 0. The maximum atomic E-state index is 13.6. The van der Waals surface area contributed by atoms with E-state index >= 15 is 0 Å². The molecule has 3 amide bonds. The maximum absolute atomic E-state index is 13.6. The van der Waals surface area contributed by atoms with Crippen LogP contribution in [-0.4, -0.2) is 32.8 Å². The van der Waals surface area contributed by atoms with Crippen LogP contribution in [0, 0.1) is 13.8 Å². The van der Waals surface area contributed by atoms with Crippen molar-refractivity contribution < 1.29 is 14.5 Å². The van der Waals surface area contributed by atoms with E-state index in [1.165, 1.54) is 24.0 Å². The van der Waals surface area contributed by atoms with E-state index in [4.69, 9.17) is 0 Å². The molecule has 1 heterocycles. The smallest absolute Gasteiger partial charge is 0.308 e. The largest absolute Gasteiger partial charge is 0.326 e. The van der Waals surface area contributed by atoms with Gasteiger partial charge in [0.1, 0.15) is 0 Å². The number of anilines is 2. The van der Waals surface area contributed by atoms with Crippen molar-refractivity contribution in [3.63, 3.8) is 0 Å².